The molecule has 11 nitrogen and oxygen atoms in total. The van der Waals surface area contributed by atoms with Crippen molar-refractivity contribution in [2.24, 2.45) is 4.99 Å². The highest BCUT2D eigenvalue weighted by atomic mass is 32.2. The fraction of sp³-hybridized carbons (Fsp3) is 0.184. The molecule has 0 bridgehead atoms. The fourth-order valence-corrected chi connectivity index (χ4v) is 7.66. The standard InChI is InChI=1S/C38H33N3O8S2/c1-5-48-37(43)33-34(27-9-7-6-8-10-27)39-38-40(35(33)28-16-14-26(15-17-28)23(2)3)36(42)32(50-38)21-25-12-18-29(19-13-25)49-51(46,47)30-20-11-24(4)31(22-30)41(44)45/h6-23,35H,5H2,1-4H3/b32-21-/t35-/m1/s1. The molecule has 260 valence electrons. The molecule has 0 radical (unpaired) electrons. The number of thiazole rings is 1. The summed E-state index contributed by atoms with van der Waals surface area (Å²) in [4.78, 5) is 43.5. The van der Waals surface area contributed by atoms with E-state index in [9.17, 15) is 28.1 Å². The number of aromatic nitrogens is 1. The molecule has 5 aromatic rings. The van der Waals surface area contributed by atoms with Crippen molar-refractivity contribution < 1.29 is 27.1 Å². The minimum Gasteiger partial charge on any atom is -0.463 e. The molecule has 2 heterocycles. The van der Waals surface area contributed by atoms with Crippen LogP contribution in [0.1, 0.15) is 60.5 Å². The highest BCUT2D eigenvalue weighted by Crippen LogP contribution is 2.35. The van der Waals surface area contributed by atoms with Gasteiger partial charge in [-0.3, -0.25) is 19.5 Å². The predicted molar refractivity (Wildman–Crippen MR) is 194 cm³/mol. The van der Waals surface area contributed by atoms with Gasteiger partial charge >= 0.3 is 16.1 Å². The number of carbonyl (C=O) groups is 1. The first-order valence-electron chi connectivity index (χ1n) is 16.1. The van der Waals surface area contributed by atoms with E-state index in [1.807, 2.05) is 54.6 Å². The van der Waals surface area contributed by atoms with Crippen molar-refractivity contribution >= 4 is 44.9 Å². The summed E-state index contributed by atoms with van der Waals surface area (Å²) in [5, 5.41) is 11.3. The van der Waals surface area contributed by atoms with E-state index < -0.39 is 27.1 Å². The summed E-state index contributed by atoms with van der Waals surface area (Å²) in [6.07, 6.45) is 1.65. The van der Waals surface area contributed by atoms with Crippen molar-refractivity contribution in [3.63, 3.8) is 0 Å². The van der Waals surface area contributed by atoms with Crippen molar-refractivity contribution in [3.8, 4) is 5.75 Å². The minimum absolute atomic E-state index is 0.0201. The number of rotatable bonds is 10. The molecule has 6 rings (SSSR count). The van der Waals surface area contributed by atoms with Crippen molar-refractivity contribution in [2.75, 3.05) is 6.61 Å². The zero-order valence-corrected chi connectivity index (χ0v) is 29.7. The lowest BCUT2D eigenvalue weighted by Crippen LogP contribution is -2.40. The van der Waals surface area contributed by atoms with Crippen LogP contribution in [0.2, 0.25) is 0 Å². The molecule has 1 aromatic heterocycles. The molecule has 0 unspecified atom stereocenters. The quantitative estimate of drug-likeness (QED) is 0.0733. The fourth-order valence-electron chi connectivity index (χ4n) is 5.71. The Morgan fingerprint density at radius 1 is 1.02 bits per heavy atom. The van der Waals surface area contributed by atoms with E-state index in [2.05, 4.69) is 13.8 Å². The second kappa shape index (κ2) is 14.3. The third kappa shape index (κ3) is 7.16. The van der Waals surface area contributed by atoms with Gasteiger partial charge in [-0.2, -0.15) is 8.42 Å². The first-order valence-corrected chi connectivity index (χ1v) is 18.3. The topological polar surface area (TPSA) is 147 Å². The molecule has 0 fully saturated rings. The molecular weight excluding hydrogens is 691 g/mol. The number of hydrogen-bond donors (Lipinski definition) is 0. The van der Waals surface area contributed by atoms with Crippen LogP contribution in [0.4, 0.5) is 5.69 Å². The third-order valence-electron chi connectivity index (χ3n) is 8.34. The van der Waals surface area contributed by atoms with E-state index >= 15 is 0 Å². The summed E-state index contributed by atoms with van der Waals surface area (Å²) < 4.78 is 38.5. The maximum absolute atomic E-state index is 14.2. The molecule has 1 aliphatic rings. The van der Waals surface area contributed by atoms with E-state index in [-0.39, 0.29) is 40.0 Å². The SMILES string of the molecule is CCOC(=O)C1=C(c2ccccc2)N=c2s/c(=C\c3ccc(OS(=O)(=O)c4ccc(C)c([N+](=O)[O-])c4)cc3)c(=O)n2[C@@H]1c1ccc(C(C)C)cc1. The number of hydrogen-bond acceptors (Lipinski definition) is 10. The summed E-state index contributed by atoms with van der Waals surface area (Å²) in [6, 6.07) is 25.9. The van der Waals surface area contributed by atoms with Gasteiger partial charge < -0.3 is 8.92 Å². The maximum atomic E-state index is 14.2. The lowest BCUT2D eigenvalue weighted by Gasteiger charge is -2.26. The number of fused-ring (bicyclic) bond motifs is 1. The van der Waals surface area contributed by atoms with Crippen LogP contribution in [0.15, 0.2) is 117 Å². The average molecular weight is 724 g/mol. The van der Waals surface area contributed by atoms with Crippen LogP contribution in [0.3, 0.4) is 0 Å². The molecule has 0 spiro atoms. The van der Waals surface area contributed by atoms with Gasteiger partial charge in [0.1, 0.15) is 10.6 Å². The van der Waals surface area contributed by atoms with Gasteiger partial charge in [0.15, 0.2) is 4.80 Å². The summed E-state index contributed by atoms with van der Waals surface area (Å²) in [7, 11) is -4.37. The van der Waals surface area contributed by atoms with Crippen LogP contribution in [-0.2, 0) is 19.6 Å². The predicted octanol–water partition coefficient (Wildman–Crippen LogP) is 6.04. The van der Waals surface area contributed by atoms with E-state index in [0.29, 0.717) is 31.7 Å². The van der Waals surface area contributed by atoms with Gasteiger partial charge in [-0.25, -0.2) is 9.79 Å². The highest BCUT2D eigenvalue weighted by Gasteiger charge is 2.35. The zero-order chi connectivity index (χ0) is 36.4. The van der Waals surface area contributed by atoms with Crippen LogP contribution in [-0.4, -0.2) is 30.5 Å². The zero-order valence-electron chi connectivity index (χ0n) is 28.1. The number of ether oxygens (including phenoxy) is 1. The number of aryl methyl sites for hydroxylation is 1. The molecule has 0 aliphatic carbocycles. The van der Waals surface area contributed by atoms with Gasteiger partial charge in [0.05, 0.1) is 33.4 Å². The Balaban J connectivity index is 1.42. The van der Waals surface area contributed by atoms with Gasteiger partial charge in [-0.15, -0.1) is 0 Å². The smallest absolute Gasteiger partial charge is 0.339 e. The number of esters is 1. The minimum atomic E-state index is -4.37. The van der Waals surface area contributed by atoms with Gasteiger partial charge in [0, 0.05) is 17.2 Å². The summed E-state index contributed by atoms with van der Waals surface area (Å²) >= 11 is 1.16. The summed E-state index contributed by atoms with van der Waals surface area (Å²) in [5.74, 6) is -0.312. The normalized spacial score (nSPS) is 14.6. The van der Waals surface area contributed by atoms with Crippen LogP contribution in [0.25, 0.3) is 11.8 Å². The van der Waals surface area contributed by atoms with Crippen LogP contribution in [0.5, 0.6) is 5.75 Å². The number of carbonyl (C=O) groups excluding carboxylic acids is 1. The molecule has 0 amide bonds. The summed E-state index contributed by atoms with van der Waals surface area (Å²) in [6.45, 7) is 7.55. The Labute approximate surface area is 297 Å². The molecule has 1 aliphatic heterocycles. The second-order valence-electron chi connectivity index (χ2n) is 12.1. The van der Waals surface area contributed by atoms with Gasteiger partial charge in [0.25, 0.3) is 11.2 Å². The maximum Gasteiger partial charge on any atom is 0.339 e. The highest BCUT2D eigenvalue weighted by molar-refractivity contribution is 7.87. The number of nitro groups is 1. The number of nitrogens with zero attached hydrogens (tertiary/aromatic N) is 3. The van der Waals surface area contributed by atoms with Gasteiger partial charge in [0.2, 0.25) is 0 Å². The molecule has 13 heteroatoms. The van der Waals surface area contributed by atoms with Gasteiger partial charge in [-0.05, 0) is 60.7 Å². The van der Waals surface area contributed by atoms with Crippen molar-refractivity contribution in [3.05, 3.63) is 160 Å². The Morgan fingerprint density at radius 2 is 1.71 bits per heavy atom. The molecule has 1 atom stereocenters. The van der Waals surface area contributed by atoms with E-state index in [1.165, 1.54) is 35.8 Å². The van der Waals surface area contributed by atoms with Crippen LogP contribution in [0, 0.1) is 17.0 Å². The van der Waals surface area contributed by atoms with Gasteiger partial charge in [-0.1, -0.05) is 98.0 Å². The van der Waals surface area contributed by atoms with E-state index in [0.717, 1.165) is 28.5 Å². The first kappa shape index (κ1) is 35.2. The van der Waals surface area contributed by atoms with E-state index in [1.54, 1.807) is 25.1 Å². The molecule has 51 heavy (non-hydrogen) atoms. The Hall–Kier alpha value is -5.66. The van der Waals surface area contributed by atoms with Crippen molar-refractivity contribution in [1.82, 2.24) is 4.57 Å². The van der Waals surface area contributed by atoms with Crippen molar-refractivity contribution in [1.29, 1.82) is 0 Å². The van der Waals surface area contributed by atoms with Crippen LogP contribution < -0.4 is 19.1 Å². The lowest BCUT2D eigenvalue weighted by molar-refractivity contribution is -0.385. The molecule has 0 saturated carbocycles. The van der Waals surface area contributed by atoms with E-state index in [4.69, 9.17) is 13.9 Å². The molecule has 0 saturated heterocycles. The van der Waals surface area contributed by atoms with Crippen LogP contribution >= 0.6 is 11.3 Å². The Bertz CT molecular complexity index is 2470. The molecular formula is C38H33N3O8S2. The van der Waals surface area contributed by atoms with Crippen molar-refractivity contribution in [2.45, 2.75) is 44.6 Å². The largest absolute Gasteiger partial charge is 0.463 e. The Kier molecular flexibility index (Phi) is 9.86. The third-order valence-corrected chi connectivity index (χ3v) is 10.6. The summed E-state index contributed by atoms with van der Waals surface area (Å²) in [5.41, 5.74) is 3.39. The second-order valence-corrected chi connectivity index (χ2v) is 14.6. The number of benzene rings is 4. The number of nitro benzene ring substituents is 1. The average Bonchev–Trinajstić information content (AvgIpc) is 3.42. The monoisotopic (exact) mass is 723 g/mol. The Morgan fingerprint density at radius 3 is 2.33 bits per heavy atom. The molecule has 0 N–H and O–H groups in total. The first-order chi connectivity index (χ1) is 24.4. The lowest BCUT2D eigenvalue weighted by atomic mass is 9.91. The molecule has 4 aromatic carbocycles.